The number of hydrogen-bond donors (Lipinski definition) is 0. The molecule has 2 rings (SSSR count). The average Bonchev–Trinajstić information content (AvgIpc) is 2.75. The van der Waals surface area contributed by atoms with Crippen molar-refractivity contribution in [2.75, 3.05) is 0 Å². The monoisotopic (exact) mass is 363 g/mol. The molecule has 2 aromatic rings. The zero-order valence-corrected chi connectivity index (χ0v) is 12.7. The van der Waals surface area contributed by atoms with Crippen molar-refractivity contribution in [3.63, 3.8) is 0 Å². The van der Waals surface area contributed by atoms with Gasteiger partial charge in [0.25, 0.3) is 0 Å². The van der Waals surface area contributed by atoms with Crippen LogP contribution < -0.4 is 0 Å². The van der Waals surface area contributed by atoms with Crippen molar-refractivity contribution in [1.82, 2.24) is 4.98 Å². The fourth-order valence-electron chi connectivity index (χ4n) is 1.31. The van der Waals surface area contributed by atoms with Crippen molar-refractivity contribution in [2.45, 2.75) is 20.3 Å². The third-order valence-electron chi connectivity index (χ3n) is 2.27. The second kappa shape index (κ2) is 4.93. The summed E-state index contributed by atoms with van der Waals surface area (Å²) in [6.45, 7) is 4.02. The summed E-state index contributed by atoms with van der Waals surface area (Å²) >= 11 is 5.44. The number of hydrogen-bond acceptors (Lipinski definition) is 4. The van der Waals surface area contributed by atoms with Crippen LogP contribution in [-0.2, 0) is 6.42 Å². The lowest BCUT2D eigenvalue weighted by Crippen LogP contribution is -2.01. The molecule has 0 aliphatic rings. The lowest BCUT2D eigenvalue weighted by atomic mass is 10.2. The molecule has 84 valence electrons. The van der Waals surface area contributed by atoms with Gasteiger partial charge in [0.2, 0.25) is 0 Å². The average molecular weight is 363 g/mol. The normalized spacial score (nSPS) is 10.7. The molecule has 0 aliphatic carbocycles. The van der Waals surface area contributed by atoms with E-state index in [1.165, 1.54) is 4.88 Å². The van der Waals surface area contributed by atoms with E-state index in [9.17, 15) is 4.79 Å². The first-order valence-electron chi connectivity index (χ1n) is 4.76. The zero-order valence-electron chi connectivity index (χ0n) is 8.91. The Hall–Kier alpha value is -0.270. The lowest BCUT2D eigenvalue weighted by molar-refractivity contribution is 0.0993. The summed E-state index contributed by atoms with van der Waals surface area (Å²) in [5.74, 6) is 0.160. The second-order valence-corrected chi connectivity index (χ2v) is 7.58. The molecule has 0 amide bonds. The summed E-state index contributed by atoms with van der Waals surface area (Å²) in [5.41, 5.74) is 1.84. The molecule has 0 bridgehead atoms. The quantitative estimate of drug-likeness (QED) is 0.613. The number of aromatic nitrogens is 1. The number of halogens is 1. The van der Waals surface area contributed by atoms with Crippen LogP contribution in [0.5, 0.6) is 0 Å². The highest BCUT2D eigenvalue weighted by Gasteiger charge is 2.12. The van der Waals surface area contributed by atoms with E-state index in [4.69, 9.17) is 0 Å². The smallest absolute Gasteiger partial charge is 0.170 e. The van der Waals surface area contributed by atoms with Crippen molar-refractivity contribution in [3.05, 3.63) is 35.5 Å². The molecule has 0 radical (unpaired) electrons. The van der Waals surface area contributed by atoms with Crippen LogP contribution in [0, 0.1) is 16.7 Å². The topological polar surface area (TPSA) is 30.0 Å². The molecule has 0 spiro atoms. The minimum Gasteiger partial charge on any atom is -0.294 e. The Morgan fingerprint density at radius 1 is 1.50 bits per heavy atom. The van der Waals surface area contributed by atoms with Crippen LogP contribution in [0.3, 0.4) is 0 Å². The number of carbonyl (C=O) groups is 1. The van der Waals surface area contributed by atoms with Crippen molar-refractivity contribution < 1.29 is 4.79 Å². The first kappa shape index (κ1) is 12.2. The largest absolute Gasteiger partial charge is 0.294 e. The van der Waals surface area contributed by atoms with Crippen LogP contribution in [-0.4, -0.2) is 10.8 Å². The molecule has 0 unspecified atom stereocenters. The molecule has 2 heterocycles. The van der Waals surface area contributed by atoms with Gasteiger partial charge >= 0.3 is 0 Å². The van der Waals surface area contributed by atoms with Gasteiger partial charge in [-0.3, -0.25) is 4.79 Å². The van der Waals surface area contributed by atoms with Gasteiger partial charge < -0.3 is 0 Å². The fraction of sp³-hybridized carbons (Fsp3) is 0.273. The molecule has 0 N–H and O–H groups in total. The van der Waals surface area contributed by atoms with Crippen molar-refractivity contribution in [1.29, 1.82) is 0 Å². The Bertz CT molecular complexity index is 510. The molecule has 2 aromatic heterocycles. The number of aryl methyl sites for hydroxylation is 2. The van der Waals surface area contributed by atoms with Gasteiger partial charge in [-0.1, -0.05) is 0 Å². The molecular weight excluding hydrogens is 353 g/mol. The zero-order chi connectivity index (χ0) is 11.7. The fourth-order valence-corrected chi connectivity index (χ4v) is 3.59. The van der Waals surface area contributed by atoms with Gasteiger partial charge in [-0.15, -0.1) is 22.7 Å². The molecule has 0 aliphatic heterocycles. The number of thiophene rings is 1. The third-order valence-corrected chi connectivity index (χ3v) is 5.14. The number of thiazole rings is 1. The Kier molecular flexibility index (Phi) is 3.76. The summed E-state index contributed by atoms with van der Waals surface area (Å²) in [4.78, 5) is 17.5. The van der Waals surface area contributed by atoms with E-state index in [-0.39, 0.29) is 5.78 Å². The highest BCUT2D eigenvalue weighted by Crippen LogP contribution is 2.21. The summed E-state index contributed by atoms with van der Waals surface area (Å²) in [6, 6.07) is 1.93. The predicted octanol–water partition coefficient (Wildman–Crippen LogP) is 3.85. The highest BCUT2D eigenvalue weighted by molar-refractivity contribution is 14.1. The first-order chi connectivity index (χ1) is 7.56. The Morgan fingerprint density at radius 2 is 2.25 bits per heavy atom. The second-order valence-electron chi connectivity index (χ2n) is 3.49. The van der Waals surface area contributed by atoms with Gasteiger partial charge in [0.1, 0.15) is 5.01 Å². The van der Waals surface area contributed by atoms with Crippen LogP contribution in [0.2, 0.25) is 0 Å². The highest BCUT2D eigenvalue weighted by atomic mass is 127. The van der Waals surface area contributed by atoms with Crippen LogP contribution in [0.25, 0.3) is 0 Å². The number of nitrogens with zero attached hydrogens (tertiary/aromatic N) is 1. The minimum atomic E-state index is 0.160. The van der Waals surface area contributed by atoms with E-state index in [0.29, 0.717) is 6.42 Å². The van der Waals surface area contributed by atoms with Crippen molar-refractivity contribution >= 4 is 51.0 Å². The van der Waals surface area contributed by atoms with Crippen molar-refractivity contribution in [2.24, 2.45) is 0 Å². The van der Waals surface area contributed by atoms with Gasteiger partial charge in [-0.05, 0) is 42.5 Å². The van der Waals surface area contributed by atoms with E-state index in [1.54, 1.807) is 22.7 Å². The maximum atomic E-state index is 11.9. The molecule has 0 fully saturated rings. The van der Waals surface area contributed by atoms with E-state index >= 15 is 0 Å². The summed E-state index contributed by atoms with van der Waals surface area (Å²) in [6.07, 6.45) is 0.423. The molecule has 0 saturated heterocycles. The number of rotatable bonds is 3. The summed E-state index contributed by atoms with van der Waals surface area (Å²) < 4.78 is 1.15. The van der Waals surface area contributed by atoms with E-state index in [1.807, 2.05) is 25.3 Å². The van der Waals surface area contributed by atoms with Gasteiger partial charge in [0.15, 0.2) is 5.78 Å². The van der Waals surface area contributed by atoms with Crippen LogP contribution >= 0.6 is 45.3 Å². The molecule has 0 aromatic carbocycles. The predicted molar refractivity (Wildman–Crippen MR) is 76.7 cm³/mol. The van der Waals surface area contributed by atoms with Crippen LogP contribution in [0.15, 0.2) is 11.4 Å². The first-order valence-corrected chi connectivity index (χ1v) is 7.54. The van der Waals surface area contributed by atoms with Gasteiger partial charge in [0.05, 0.1) is 15.0 Å². The summed E-state index contributed by atoms with van der Waals surface area (Å²) in [7, 11) is 0. The van der Waals surface area contributed by atoms with Crippen molar-refractivity contribution in [3.8, 4) is 0 Å². The van der Waals surface area contributed by atoms with Crippen LogP contribution in [0.1, 0.15) is 25.9 Å². The number of ketones is 1. The van der Waals surface area contributed by atoms with Crippen LogP contribution in [0.4, 0.5) is 0 Å². The minimum absolute atomic E-state index is 0.160. The maximum absolute atomic E-state index is 11.9. The Morgan fingerprint density at radius 3 is 2.75 bits per heavy atom. The molecule has 16 heavy (non-hydrogen) atoms. The van der Waals surface area contributed by atoms with E-state index in [2.05, 4.69) is 27.6 Å². The molecular formula is C11H10INOS2. The SMILES string of the molecule is Cc1nc(CC(=O)c2csc(I)c2)sc1C. The van der Waals surface area contributed by atoms with Gasteiger partial charge in [-0.2, -0.15) is 0 Å². The number of Topliss-reactive ketones (excluding diaryl/α,β-unsaturated/α-hetero) is 1. The molecule has 2 nitrogen and oxygen atoms in total. The van der Waals surface area contributed by atoms with Gasteiger partial charge in [0, 0.05) is 15.8 Å². The lowest BCUT2D eigenvalue weighted by Gasteiger charge is -1.93. The standard InChI is InChI=1S/C11H10INOS2/c1-6-7(2)16-11(13-6)4-9(14)8-3-10(12)15-5-8/h3,5H,4H2,1-2H3. The van der Waals surface area contributed by atoms with E-state index < -0.39 is 0 Å². The Balaban J connectivity index is 2.13. The maximum Gasteiger partial charge on any atom is 0.170 e. The van der Waals surface area contributed by atoms with Gasteiger partial charge in [-0.25, -0.2) is 4.98 Å². The summed E-state index contributed by atoms with van der Waals surface area (Å²) in [5, 5.41) is 2.83. The Labute approximate surface area is 116 Å². The molecule has 5 heteroatoms. The third kappa shape index (κ3) is 2.70. The number of carbonyl (C=O) groups excluding carboxylic acids is 1. The molecule has 0 atom stereocenters. The molecule has 0 saturated carbocycles. The van der Waals surface area contributed by atoms with E-state index in [0.717, 1.165) is 19.1 Å².